The molecule has 0 saturated heterocycles. The largest absolute Gasteiger partial charge is 0.466 e. The minimum atomic E-state index is -0.304. The Hall–Kier alpha value is -1.66. The van der Waals surface area contributed by atoms with Crippen molar-refractivity contribution in [2.75, 3.05) is 20.2 Å². The van der Waals surface area contributed by atoms with Crippen molar-refractivity contribution in [3.05, 3.63) is 28.2 Å². The SMILES string of the molecule is CCOC(=O)CCN(C)C(=O)c1ccc2nc(Cl)sc2c1. The van der Waals surface area contributed by atoms with Gasteiger partial charge in [-0.05, 0) is 25.1 Å². The molecule has 0 radical (unpaired) electrons. The lowest BCUT2D eigenvalue weighted by atomic mass is 10.2. The normalized spacial score (nSPS) is 10.6. The van der Waals surface area contributed by atoms with Crippen LogP contribution < -0.4 is 0 Å². The zero-order chi connectivity index (χ0) is 15.4. The molecular formula is C14H15ClN2O3S. The van der Waals surface area contributed by atoms with Gasteiger partial charge in [0.1, 0.15) is 0 Å². The van der Waals surface area contributed by atoms with Crippen molar-refractivity contribution in [1.29, 1.82) is 0 Å². The first kappa shape index (κ1) is 15.7. The van der Waals surface area contributed by atoms with Gasteiger partial charge in [0.25, 0.3) is 5.91 Å². The molecule has 0 aliphatic heterocycles. The molecule has 5 nitrogen and oxygen atoms in total. The molecule has 112 valence electrons. The first-order valence-corrected chi connectivity index (χ1v) is 7.68. The number of aromatic nitrogens is 1. The second kappa shape index (κ2) is 6.87. The number of hydrogen-bond donors (Lipinski definition) is 0. The van der Waals surface area contributed by atoms with Crippen molar-refractivity contribution >= 4 is 45.0 Å². The Labute approximate surface area is 131 Å². The van der Waals surface area contributed by atoms with Crippen LogP contribution in [0.3, 0.4) is 0 Å². The Morgan fingerprint density at radius 3 is 2.90 bits per heavy atom. The van der Waals surface area contributed by atoms with E-state index in [-0.39, 0.29) is 18.3 Å². The molecule has 0 aliphatic rings. The third-order valence-corrected chi connectivity index (χ3v) is 4.04. The highest BCUT2D eigenvalue weighted by Crippen LogP contribution is 2.26. The second-order valence-corrected chi connectivity index (χ2v) is 6.04. The number of benzene rings is 1. The fraction of sp³-hybridized carbons (Fsp3) is 0.357. The van der Waals surface area contributed by atoms with Gasteiger partial charge in [-0.15, -0.1) is 11.3 Å². The van der Waals surface area contributed by atoms with Crippen molar-refractivity contribution in [1.82, 2.24) is 9.88 Å². The zero-order valence-electron chi connectivity index (χ0n) is 11.8. The smallest absolute Gasteiger partial charge is 0.307 e. The topological polar surface area (TPSA) is 59.5 Å². The van der Waals surface area contributed by atoms with Crippen LogP contribution in [0.25, 0.3) is 10.2 Å². The van der Waals surface area contributed by atoms with Crippen LogP contribution in [0.15, 0.2) is 18.2 Å². The van der Waals surface area contributed by atoms with Crippen molar-refractivity contribution in [3.63, 3.8) is 0 Å². The first-order valence-electron chi connectivity index (χ1n) is 6.48. The Kier molecular flexibility index (Phi) is 5.14. The molecule has 1 aromatic carbocycles. The quantitative estimate of drug-likeness (QED) is 0.793. The van der Waals surface area contributed by atoms with Gasteiger partial charge < -0.3 is 9.64 Å². The molecule has 21 heavy (non-hydrogen) atoms. The Morgan fingerprint density at radius 1 is 1.43 bits per heavy atom. The highest BCUT2D eigenvalue weighted by Gasteiger charge is 2.14. The van der Waals surface area contributed by atoms with Crippen LogP contribution in [-0.4, -0.2) is 42.0 Å². The Morgan fingerprint density at radius 2 is 2.19 bits per heavy atom. The summed E-state index contributed by atoms with van der Waals surface area (Å²) >= 11 is 7.18. The molecule has 0 unspecified atom stereocenters. The minimum Gasteiger partial charge on any atom is -0.466 e. The number of ether oxygens (including phenoxy) is 1. The molecule has 0 bridgehead atoms. The molecule has 0 atom stereocenters. The van der Waals surface area contributed by atoms with Crippen LogP contribution >= 0.6 is 22.9 Å². The molecule has 1 amide bonds. The summed E-state index contributed by atoms with van der Waals surface area (Å²) in [6.07, 6.45) is 0.185. The Balaban J connectivity index is 2.04. The minimum absolute atomic E-state index is 0.147. The average molecular weight is 327 g/mol. The van der Waals surface area contributed by atoms with Gasteiger partial charge in [-0.25, -0.2) is 4.98 Å². The molecular weight excluding hydrogens is 312 g/mol. The highest BCUT2D eigenvalue weighted by atomic mass is 35.5. The average Bonchev–Trinajstić information content (AvgIpc) is 2.83. The molecule has 2 aromatic rings. The molecule has 2 rings (SSSR count). The number of amides is 1. The first-order chi connectivity index (χ1) is 10.0. The van der Waals surface area contributed by atoms with Gasteiger partial charge in [0.05, 0.1) is 23.2 Å². The number of thiazole rings is 1. The highest BCUT2D eigenvalue weighted by molar-refractivity contribution is 7.22. The number of carbonyl (C=O) groups is 2. The lowest BCUT2D eigenvalue weighted by molar-refractivity contribution is -0.143. The number of carbonyl (C=O) groups excluding carboxylic acids is 2. The van der Waals surface area contributed by atoms with Gasteiger partial charge in [-0.1, -0.05) is 11.6 Å². The molecule has 0 fully saturated rings. The molecule has 1 aromatic heterocycles. The van der Waals surface area contributed by atoms with E-state index in [9.17, 15) is 9.59 Å². The predicted molar refractivity (Wildman–Crippen MR) is 82.8 cm³/mol. The van der Waals surface area contributed by atoms with E-state index in [1.165, 1.54) is 16.2 Å². The summed E-state index contributed by atoms with van der Waals surface area (Å²) < 4.78 is 6.15. The molecule has 0 aliphatic carbocycles. The van der Waals surface area contributed by atoms with Gasteiger partial charge in [0, 0.05) is 19.2 Å². The van der Waals surface area contributed by atoms with Crippen LogP contribution in [0.1, 0.15) is 23.7 Å². The number of nitrogens with zero attached hydrogens (tertiary/aromatic N) is 2. The van der Waals surface area contributed by atoms with Gasteiger partial charge >= 0.3 is 5.97 Å². The Bertz CT molecular complexity index is 671. The third kappa shape index (κ3) is 3.92. The molecule has 0 saturated carbocycles. The number of halogens is 1. The summed E-state index contributed by atoms with van der Waals surface area (Å²) in [5, 5.41) is 0. The summed E-state index contributed by atoms with van der Waals surface area (Å²) in [6.45, 7) is 2.42. The van der Waals surface area contributed by atoms with Crippen molar-refractivity contribution in [2.24, 2.45) is 0 Å². The monoisotopic (exact) mass is 326 g/mol. The van der Waals surface area contributed by atoms with Crippen molar-refractivity contribution in [2.45, 2.75) is 13.3 Å². The maximum Gasteiger partial charge on any atom is 0.307 e. The summed E-state index contributed by atoms with van der Waals surface area (Å²) in [4.78, 5) is 29.2. The number of fused-ring (bicyclic) bond motifs is 1. The van der Waals surface area contributed by atoms with E-state index in [4.69, 9.17) is 16.3 Å². The van der Waals surface area contributed by atoms with Crippen LogP contribution in [0.4, 0.5) is 0 Å². The van der Waals surface area contributed by atoms with E-state index in [0.29, 0.717) is 23.2 Å². The zero-order valence-corrected chi connectivity index (χ0v) is 13.3. The molecule has 0 N–H and O–H groups in total. The fourth-order valence-electron chi connectivity index (χ4n) is 1.84. The van der Waals surface area contributed by atoms with Crippen LogP contribution in [0, 0.1) is 0 Å². The van der Waals surface area contributed by atoms with Gasteiger partial charge in [-0.2, -0.15) is 0 Å². The summed E-state index contributed by atoms with van der Waals surface area (Å²) in [5.41, 5.74) is 1.32. The summed E-state index contributed by atoms with van der Waals surface area (Å²) in [7, 11) is 1.66. The van der Waals surface area contributed by atoms with Gasteiger partial charge in [0.15, 0.2) is 4.47 Å². The van der Waals surface area contributed by atoms with Gasteiger partial charge in [0.2, 0.25) is 0 Å². The maximum atomic E-state index is 12.3. The summed E-state index contributed by atoms with van der Waals surface area (Å²) in [5.74, 6) is -0.451. The third-order valence-electron chi connectivity index (χ3n) is 2.91. The van der Waals surface area contributed by atoms with Crippen molar-refractivity contribution < 1.29 is 14.3 Å². The van der Waals surface area contributed by atoms with Crippen LogP contribution in [0.2, 0.25) is 4.47 Å². The fourth-order valence-corrected chi connectivity index (χ4v) is 2.91. The predicted octanol–water partition coefficient (Wildman–Crippen LogP) is 2.97. The van der Waals surface area contributed by atoms with E-state index in [1.54, 1.807) is 32.2 Å². The lowest BCUT2D eigenvalue weighted by Crippen LogP contribution is -2.29. The summed E-state index contributed by atoms with van der Waals surface area (Å²) in [6, 6.07) is 5.24. The molecule has 1 heterocycles. The number of hydrogen-bond acceptors (Lipinski definition) is 5. The number of rotatable bonds is 5. The van der Waals surface area contributed by atoms with E-state index in [1.807, 2.05) is 0 Å². The van der Waals surface area contributed by atoms with Crippen LogP contribution in [-0.2, 0) is 9.53 Å². The van der Waals surface area contributed by atoms with Crippen LogP contribution in [0.5, 0.6) is 0 Å². The van der Waals surface area contributed by atoms with Crippen molar-refractivity contribution in [3.8, 4) is 0 Å². The van der Waals surface area contributed by atoms with E-state index >= 15 is 0 Å². The maximum absolute atomic E-state index is 12.3. The van der Waals surface area contributed by atoms with E-state index in [2.05, 4.69) is 4.98 Å². The number of esters is 1. The van der Waals surface area contributed by atoms with E-state index < -0.39 is 0 Å². The standard InChI is InChI=1S/C14H15ClN2O3S/c1-3-20-12(18)6-7-17(2)13(19)9-4-5-10-11(8-9)21-14(15)16-10/h4-5,8H,3,6-7H2,1-2H3. The molecule has 0 spiro atoms. The lowest BCUT2D eigenvalue weighted by Gasteiger charge is -2.16. The second-order valence-electron chi connectivity index (χ2n) is 4.43. The van der Waals surface area contributed by atoms with E-state index in [0.717, 1.165) is 10.2 Å². The molecule has 7 heteroatoms. The van der Waals surface area contributed by atoms with Gasteiger partial charge in [-0.3, -0.25) is 9.59 Å².